The first-order valence-electron chi connectivity index (χ1n) is 7.54. The highest BCUT2D eigenvalue weighted by Crippen LogP contribution is 2.36. The summed E-state index contributed by atoms with van der Waals surface area (Å²) in [7, 11) is 1.65. The summed E-state index contributed by atoms with van der Waals surface area (Å²) in [6, 6.07) is 6.18. The van der Waals surface area contributed by atoms with Crippen LogP contribution in [-0.4, -0.2) is 29.6 Å². The molecule has 0 bridgehead atoms. The lowest BCUT2D eigenvalue weighted by atomic mass is 10.0. The van der Waals surface area contributed by atoms with Crippen molar-refractivity contribution < 1.29 is 4.79 Å². The number of H-pyrrole nitrogens is 1. The van der Waals surface area contributed by atoms with E-state index in [0.29, 0.717) is 6.54 Å². The van der Waals surface area contributed by atoms with Crippen LogP contribution in [0.5, 0.6) is 0 Å². The Morgan fingerprint density at radius 3 is 3.00 bits per heavy atom. The van der Waals surface area contributed by atoms with Crippen LogP contribution in [0.25, 0.3) is 11.6 Å². The SMILES string of the molecule is CCN(C(=O)NC)c1ccc2c(c1)C(=Cc1cnc[nH]1)CC2. The third-order valence-electron chi connectivity index (χ3n) is 4.04. The van der Waals surface area contributed by atoms with E-state index in [1.54, 1.807) is 18.3 Å². The second-order valence-corrected chi connectivity index (χ2v) is 5.32. The standard InChI is InChI=1S/C17H20N4O/c1-3-21(17(22)18-2)15-7-6-12-4-5-13(16(12)9-15)8-14-10-19-11-20-14/h6-11H,3-5H2,1-2H3,(H,18,22)(H,19,20). The predicted octanol–water partition coefficient (Wildman–Crippen LogP) is 3.06. The number of aromatic amines is 1. The summed E-state index contributed by atoms with van der Waals surface area (Å²) < 4.78 is 0. The van der Waals surface area contributed by atoms with Gasteiger partial charge in [0.25, 0.3) is 0 Å². The summed E-state index contributed by atoms with van der Waals surface area (Å²) >= 11 is 0. The van der Waals surface area contributed by atoms with Gasteiger partial charge in [0, 0.05) is 19.3 Å². The molecular formula is C17H20N4O. The van der Waals surface area contributed by atoms with E-state index in [1.165, 1.54) is 16.7 Å². The first kappa shape index (κ1) is 14.4. The van der Waals surface area contributed by atoms with Gasteiger partial charge in [-0.15, -0.1) is 0 Å². The van der Waals surface area contributed by atoms with Crippen molar-refractivity contribution in [3.05, 3.63) is 47.5 Å². The van der Waals surface area contributed by atoms with Crippen molar-refractivity contribution in [3.8, 4) is 0 Å². The largest absolute Gasteiger partial charge is 0.345 e. The molecule has 1 heterocycles. The van der Waals surface area contributed by atoms with E-state index in [2.05, 4.69) is 33.5 Å². The zero-order valence-corrected chi connectivity index (χ0v) is 12.9. The summed E-state index contributed by atoms with van der Waals surface area (Å²) in [6.07, 6.45) is 7.70. The number of aromatic nitrogens is 2. The topological polar surface area (TPSA) is 61.0 Å². The molecule has 1 aromatic heterocycles. The molecule has 114 valence electrons. The summed E-state index contributed by atoms with van der Waals surface area (Å²) in [4.78, 5) is 20.9. The highest BCUT2D eigenvalue weighted by Gasteiger charge is 2.19. The lowest BCUT2D eigenvalue weighted by Gasteiger charge is -2.21. The van der Waals surface area contributed by atoms with Gasteiger partial charge in [-0.1, -0.05) is 6.07 Å². The van der Waals surface area contributed by atoms with Crippen LogP contribution in [-0.2, 0) is 6.42 Å². The molecule has 2 amide bonds. The van der Waals surface area contributed by atoms with Gasteiger partial charge in [0.05, 0.1) is 18.2 Å². The second kappa shape index (κ2) is 6.05. The fraction of sp³-hybridized carbons (Fsp3) is 0.294. The molecule has 1 aliphatic carbocycles. The lowest BCUT2D eigenvalue weighted by Crippen LogP contribution is -2.37. The monoisotopic (exact) mass is 296 g/mol. The number of benzene rings is 1. The van der Waals surface area contributed by atoms with E-state index < -0.39 is 0 Å². The van der Waals surface area contributed by atoms with Crippen molar-refractivity contribution in [2.45, 2.75) is 19.8 Å². The molecule has 1 aromatic carbocycles. The van der Waals surface area contributed by atoms with Gasteiger partial charge in [-0.05, 0) is 54.7 Å². The summed E-state index contributed by atoms with van der Waals surface area (Å²) in [5.41, 5.74) is 5.79. The van der Waals surface area contributed by atoms with Gasteiger partial charge in [-0.25, -0.2) is 9.78 Å². The minimum Gasteiger partial charge on any atom is -0.345 e. The number of hydrogen-bond donors (Lipinski definition) is 2. The highest BCUT2D eigenvalue weighted by molar-refractivity contribution is 5.93. The van der Waals surface area contributed by atoms with E-state index in [1.807, 2.05) is 19.2 Å². The fourth-order valence-corrected chi connectivity index (χ4v) is 2.91. The Morgan fingerprint density at radius 2 is 2.32 bits per heavy atom. The summed E-state index contributed by atoms with van der Waals surface area (Å²) in [5.74, 6) is 0. The van der Waals surface area contributed by atoms with Crippen LogP contribution in [0.2, 0.25) is 0 Å². The number of allylic oxidation sites excluding steroid dienone is 1. The van der Waals surface area contributed by atoms with Crippen LogP contribution in [0.15, 0.2) is 30.7 Å². The van der Waals surface area contributed by atoms with Gasteiger partial charge < -0.3 is 10.3 Å². The van der Waals surface area contributed by atoms with Crippen LogP contribution in [0.4, 0.5) is 10.5 Å². The van der Waals surface area contributed by atoms with Crippen molar-refractivity contribution in [2.24, 2.45) is 0 Å². The molecule has 2 N–H and O–H groups in total. The van der Waals surface area contributed by atoms with E-state index in [0.717, 1.165) is 24.2 Å². The quantitative estimate of drug-likeness (QED) is 0.914. The molecule has 2 aromatic rings. The number of imidazole rings is 1. The number of nitrogens with zero attached hydrogens (tertiary/aromatic N) is 2. The number of anilines is 1. The maximum Gasteiger partial charge on any atom is 0.321 e. The molecule has 5 nitrogen and oxygen atoms in total. The summed E-state index contributed by atoms with van der Waals surface area (Å²) in [5, 5.41) is 2.69. The summed E-state index contributed by atoms with van der Waals surface area (Å²) in [6.45, 7) is 2.61. The van der Waals surface area contributed by atoms with E-state index in [4.69, 9.17) is 0 Å². The molecule has 0 saturated heterocycles. The van der Waals surface area contributed by atoms with Gasteiger partial charge in [0.15, 0.2) is 0 Å². The molecule has 0 spiro atoms. The number of fused-ring (bicyclic) bond motifs is 1. The fourth-order valence-electron chi connectivity index (χ4n) is 2.91. The first-order chi connectivity index (χ1) is 10.7. The lowest BCUT2D eigenvalue weighted by molar-refractivity contribution is 0.248. The predicted molar refractivity (Wildman–Crippen MR) is 88.7 cm³/mol. The maximum atomic E-state index is 12.0. The Labute approximate surface area is 130 Å². The molecule has 22 heavy (non-hydrogen) atoms. The van der Waals surface area contributed by atoms with Crippen LogP contribution in [0.3, 0.4) is 0 Å². The van der Waals surface area contributed by atoms with Gasteiger partial charge in [-0.2, -0.15) is 0 Å². The molecule has 1 aliphatic rings. The molecule has 0 radical (unpaired) electrons. The van der Waals surface area contributed by atoms with Gasteiger partial charge in [0.1, 0.15) is 0 Å². The maximum absolute atomic E-state index is 12.0. The average Bonchev–Trinajstić information content (AvgIpc) is 3.18. The molecule has 5 heteroatoms. The second-order valence-electron chi connectivity index (χ2n) is 5.32. The minimum atomic E-state index is -0.0838. The number of carbonyl (C=O) groups excluding carboxylic acids is 1. The zero-order chi connectivity index (χ0) is 15.5. The number of amides is 2. The van der Waals surface area contributed by atoms with Crippen molar-refractivity contribution >= 4 is 23.4 Å². The Bertz CT molecular complexity index is 703. The van der Waals surface area contributed by atoms with Gasteiger partial charge in [-0.3, -0.25) is 4.90 Å². The smallest absolute Gasteiger partial charge is 0.321 e. The van der Waals surface area contributed by atoms with Crippen LogP contribution >= 0.6 is 0 Å². The van der Waals surface area contributed by atoms with Crippen molar-refractivity contribution in [2.75, 3.05) is 18.5 Å². The van der Waals surface area contributed by atoms with Crippen LogP contribution < -0.4 is 10.2 Å². The molecule has 0 atom stereocenters. The number of aryl methyl sites for hydroxylation is 1. The average molecular weight is 296 g/mol. The first-order valence-corrected chi connectivity index (χ1v) is 7.54. The third-order valence-corrected chi connectivity index (χ3v) is 4.04. The molecular weight excluding hydrogens is 276 g/mol. The number of carbonyl (C=O) groups is 1. The highest BCUT2D eigenvalue weighted by atomic mass is 16.2. The van der Waals surface area contributed by atoms with Crippen molar-refractivity contribution in [3.63, 3.8) is 0 Å². The van der Waals surface area contributed by atoms with Gasteiger partial charge >= 0.3 is 6.03 Å². The molecule has 0 aliphatic heterocycles. The van der Waals surface area contributed by atoms with E-state index in [9.17, 15) is 4.79 Å². The van der Waals surface area contributed by atoms with E-state index in [-0.39, 0.29) is 6.03 Å². The zero-order valence-electron chi connectivity index (χ0n) is 12.9. The molecule has 3 rings (SSSR count). The number of urea groups is 1. The number of hydrogen-bond acceptors (Lipinski definition) is 2. The normalized spacial score (nSPS) is 14.9. The molecule has 0 unspecified atom stereocenters. The Morgan fingerprint density at radius 1 is 1.45 bits per heavy atom. The number of nitrogens with one attached hydrogen (secondary N) is 2. The Balaban J connectivity index is 1.97. The van der Waals surface area contributed by atoms with E-state index >= 15 is 0 Å². The van der Waals surface area contributed by atoms with Gasteiger partial charge in [0.2, 0.25) is 0 Å². The van der Waals surface area contributed by atoms with Crippen molar-refractivity contribution in [1.29, 1.82) is 0 Å². The van der Waals surface area contributed by atoms with Crippen LogP contribution in [0, 0.1) is 0 Å². The van der Waals surface area contributed by atoms with Crippen LogP contribution in [0.1, 0.15) is 30.2 Å². The number of rotatable bonds is 3. The molecule has 0 fully saturated rings. The van der Waals surface area contributed by atoms with Crippen molar-refractivity contribution in [1.82, 2.24) is 15.3 Å². The third kappa shape index (κ3) is 2.62. The molecule has 0 saturated carbocycles. The Kier molecular flexibility index (Phi) is 3.96. The Hall–Kier alpha value is -2.56. The minimum absolute atomic E-state index is 0.0838.